The van der Waals surface area contributed by atoms with E-state index in [2.05, 4.69) is 12.3 Å². The molecule has 0 bridgehead atoms. The Kier molecular flexibility index (Phi) is 4.94. The predicted molar refractivity (Wildman–Crippen MR) is 76.4 cm³/mol. The molecule has 2 rings (SSSR count). The second kappa shape index (κ2) is 6.23. The number of amides is 1. The molecule has 1 aliphatic heterocycles. The number of rotatable bonds is 1. The van der Waals surface area contributed by atoms with E-state index in [1.807, 2.05) is 52.0 Å². The number of allylic oxidation sites excluding steroid dienone is 1. The fourth-order valence-corrected chi connectivity index (χ4v) is 1.95. The van der Waals surface area contributed by atoms with Gasteiger partial charge in [0.2, 0.25) is 5.91 Å². The molecule has 0 N–H and O–H groups in total. The second-order valence-electron chi connectivity index (χ2n) is 4.24. The molecule has 2 heteroatoms. The third-order valence-electron chi connectivity index (χ3n) is 2.91. The zero-order valence-electron chi connectivity index (χ0n) is 11.7. The standard InChI is InChI=1S/C14H15NO.C2H6/c1-4-12-9-11(3)14(16)15(12)13-7-5-10(2)6-8-13;1-2/h5-8,11H,1,9H2,2-3H3;1-2H3. The number of benzene rings is 1. The molecule has 1 amide bonds. The maximum absolute atomic E-state index is 12.0. The van der Waals surface area contributed by atoms with Crippen molar-refractivity contribution in [3.05, 3.63) is 47.8 Å². The zero-order chi connectivity index (χ0) is 13.7. The number of carbonyl (C=O) groups is 1. The van der Waals surface area contributed by atoms with Crippen LogP contribution in [0.3, 0.4) is 0 Å². The van der Waals surface area contributed by atoms with Gasteiger partial charge in [0.15, 0.2) is 0 Å². The van der Waals surface area contributed by atoms with Gasteiger partial charge >= 0.3 is 0 Å². The van der Waals surface area contributed by atoms with Gasteiger partial charge < -0.3 is 0 Å². The van der Waals surface area contributed by atoms with Gasteiger partial charge in [0.25, 0.3) is 0 Å². The van der Waals surface area contributed by atoms with Crippen molar-refractivity contribution in [3.8, 4) is 0 Å². The molecule has 1 unspecified atom stereocenters. The van der Waals surface area contributed by atoms with Crippen LogP contribution in [0.1, 0.15) is 32.8 Å². The van der Waals surface area contributed by atoms with Crippen LogP contribution >= 0.6 is 0 Å². The number of anilines is 1. The molecule has 0 saturated carbocycles. The van der Waals surface area contributed by atoms with E-state index in [-0.39, 0.29) is 11.8 Å². The van der Waals surface area contributed by atoms with E-state index in [0.29, 0.717) is 0 Å². The molecule has 1 heterocycles. The Balaban J connectivity index is 0.000000771. The van der Waals surface area contributed by atoms with Gasteiger partial charge in [0, 0.05) is 18.0 Å². The average Bonchev–Trinajstić information content (AvgIpc) is 2.69. The summed E-state index contributed by atoms with van der Waals surface area (Å²) in [5.74, 6) is 0.167. The molecule has 0 aliphatic carbocycles. The number of hydrogen-bond donors (Lipinski definition) is 0. The second-order valence-corrected chi connectivity index (χ2v) is 4.24. The molecule has 1 aliphatic rings. The summed E-state index contributed by atoms with van der Waals surface area (Å²) in [6, 6.07) is 7.93. The highest BCUT2D eigenvalue weighted by Gasteiger charge is 2.33. The lowest BCUT2D eigenvalue weighted by Crippen LogP contribution is -2.24. The fraction of sp³-hybridized carbons (Fsp3) is 0.375. The van der Waals surface area contributed by atoms with Gasteiger partial charge in [-0.05, 0) is 19.1 Å². The van der Waals surface area contributed by atoms with Crippen molar-refractivity contribution < 1.29 is 4.79 Å². The van der Waals surface area contributed by atoms with Crippen LogP contribution in [0.15, 0.2) is 42.3 Å². The molecule has 18 heavy (non-hydrogen) atoms. The first-order valence-corrected chi connectivity index (χ1v) is 6.43. The summed E-state index contributed by atoms with van der Waals surface area (Å²) in [4.78, 5) is 13.7. The SMILES string of the molecule is C=C=C1CC(C)C(=O)N1c1ccc(C)cc1.CC. The van der Waals surface area contributed by atoms with E-state index in [1.165, 1.54) is 5.56 Å². The first-order chi connectivity index (χ1) is 8.63. The fourth-order valence-electron chi connectivity index (χ4n) is 1.95. The van der Waals surface area contributed by atoms with Gasteiger partial charge in [-0.1, -0.05) is 45.0 Å². The van der Waals surface area contributed by atoms with Crippen LogP contribution in [-0.2, 0) is 4.79 Å². The smallest absolute Gasteiger partial charge is 0.235 e. The van der Waals surface area contributed by atoms with Crippen molar-refractivity contribution in [1.29, 1.82) is 0 Å². The number of hydrogen-bond acceptors (Lipinski definition) is 1. The summed E-state index contributed by atoms with van der Waals surface area (Å²) < 4.78 is 0. The highest BCUT2D eigenvalue weighted by Crippen LogP contribution is 2.32. The van der Waals surface area contributed by atoms with Crippen LogP contribution in [0.5, 0.6) is 0 Å². The Labute approximate surface area is 110 Å². The Bertz CT molecular complexity index is 466. The average molecular weight is 243 g/mol. The minimum Gasteiger partial charge on any atom is -0.277 e. The molecular formula is C16H21NO. The van der Waals surface area contributed by atoms with E-state index in [9.17, 15) is 4.79 Å². The van der Waals surface area contributed by atoms with Gasteiger partial charge in [0.1, 0.15) is 0 Å². The van der Waals surface area contributed by atoms with E-state index >= 15 is 0 Å². The molecule has 0 radical (unpaired) electrons. The molecule has 0 spiro atoms. The van der Waals surface area contributed by atoms with Crippen LogP contribution in [-0.4, -0.2) is 5.91 Å². The lowest BCUT2D eigenvalue weighted by molar-refractivity contribution is -0.119. The minimum atomic E-state index is 0.0329. The van der Waals surface area contributed by atoms with Gasteiger partial charge in [-0.3, -0.25) is 9.69 Å². The van der Waals surface area contributed by atoms with Crippen LogP contribution < -0.4 is 4.90 Å². The van der Waals surface area contributed by atoms with Crippen molar-refractivity contribution in [2.75, 3.05) is 4.90 Å². The largest absolute Gasteiger partial charge is 0.277 e. The number of aryl methyl sites for hydroxylation is 1. The Morgan fingerprint density at radius 2 is 1.83 bits per heavy atom. The van der Waals surface area contributed by atoms with E-state index in [1.54, 1.807) is 4.90 Å². The first kappa shape index (κ1) is 14.3. The lowest BCUT2D eigenvalue weighted by Gasteiger charge is -2.17. The monoisotopic (exact) mass is 243 g/mol. The third-order valence-corrected chi connectivity index (χ3v) is 2.91. The van der Waals surface area contributed by atoms with Gasteiger partial charge in [0.05, 0.1) is 5.70 Å². The molecule has 96 valence electrons. The van der Waals surface area contributed by atoms with Crippen LogP contribution in [0.25, 0.3) is 0 Å². The summed E-state index contributed by atoms with van der Waals surface area (Å²) in [5.41, 5.74) is 5.83. The van der Waals surface area contributed by atoms with E-state index in [4.69, 9.17) is 0 Å². The molecule has 1 aromatic rings. The quantitative estimate of drug-likeness (QED) is 0.681. The molecule has 0 aromatic heterocycles. The summed E-state index contributed by atoms with van der Waals surface area (Å²) in [6.45, 7) is 11.6. The normalized spacial score (nSPS) is 18.2. The van der Waals surface area contributed by atoms with Crippen molar-refractivity contribution in [2.45, 2.75) is 34.1 Å². The van der Waals surface area contributed by atoms with Crippen LogP contribution in [0.4, 0.5) is 5.69 Å². The van der Waals surface area contributed by atoms with Crippen molar-refractivity contribution in [1.82, 2.24) is 0 Å². The van der Waals surface area contributed by atoms with E-state index in [0.717, 1.165) is 17.8 Å². The summed E-state index contributed by atoms with van der Waals surface area (Å²) >= 11 is 0. The number of nitrogens with zero attached hydrogens (tertiary/aromatic N) is 1. The van der Waals surface area contributed by atoms with Crippen molar-refractivity contribution in [2.24, 2.45) is 5.92 Å². The van der Waals surface area contributed by atoms with Gasteiger partial charge in [-0.2, -0.15) is 0 Å². The molecule has 1 fully saturated rings. The topological polar surface area (TPSA) is 20.3 Å². The summed E-state index contributed by atoms with van der Waals surface area (Å²) in [7, 11) is 0. The van der Waals surface area contributed by atoms with Gasteiger partial charge in [-0.25, -0.2) is 0 Å². The van der Waals surface area contributed by atoms with Crippen LogP contribution in [0, 0.1) is 12.8 Å². The third kappa shape index (κ3) is 2.72. The van der Waals surface area contributed by atoms with Crippen molar-refractivity contribution in [3.63, 3.8) is 0 Å². The molecule has 1 saturated heterocycles. The highest BCUT2D eigenvalue weighted by atomic mass is 16.2. The minimum absolute atomic E-state index is 0.0329. The van der Waals surface area contributed by atoms with Crippen molar-refractivity contribution >= 4 is 11.6 Å². The first-order valence-electron chi connectivity index (χ1n) is 6.43. The Morgan fingerprint density at radius 3 is 2.33 bits per heavy atom. The predicted octanol–water partition coefficient (Wildman–Crippen LogP) is 4.06. The molecule has 2 nitrogen and oxygen atoms in total. The summed E-state index contributed by atoms with van der Waals surface area (Å²) in [6.07, 6.45) is 0.732. The number of carbonyl (C=O) groups excluding carboxylic acids is 1. The van der Waals surface area contributed by atoms with Gasteiger partial charge in [-0.15, -0.1) is 5.73 Å². The van der Waals surface area contributed by atoms with Crippen LogP contribution in [0.2, 0.25) is 0 Å². The molecule has 1 atom stereocenters. The summed E-state index contributed by atoms with van der Waals surface area (Å²) in [5, 5.41) is 0. The maximum Gasteiger partial charge on any atom is 0.235 e. The maximum atomic E-state index is 12.0. The Hall–Kier alpha value is -1.79. The zero-order valence-corrected chi connectivity index (χ0v) is 11.7. The molecule has 1 aromatic carbocycles. The highest BCUT2D eigenvalue weighted by molar-refractivity contribution is 6.00. The lowest BCUT2D eigenvalue weighted by atomic mass is 10.1. The Morgan fingerprint density at radius 1 is 1.28 bits per heavy atom. The molecular weight excluding hydrogens is 222 g/mol. The van der Waals surface area contributed by atoms with E-state index < -0.39 is 0 Å².